The molecule has 3 rings (SSSR count). The van der Waals surface area contributed by atoms with Crippen molar-refractivity contribution in [2.24, 2.45) is 0 Å². The number of halogens is 4. The number of aromatic hydroxyl groups is 1. The van der Waals surface area contributed by atoms with Gasteiger partial charge in [0.05, 0.1) is 22.8 Å². The van der Waals surface area contributed by atoms with E-state index in [1.165, 1.54) is 24.3 Å². The number of anilines is 1. The van der Waals surface area contributed by atoms with Gasteiger partial charge in [-0.3, -0.25) is 4.98 Å². The second kappa shape index (κ2) is 6.41. The molecule has 0 fully saturated rings. The number of nitrogen functional groups attached to an aromatic ring is 1. The standard InChI is InChI=1S/C16H12ClF3N4O2/c17-11-5-9(13(25)6-12(11)21)7-24-15(26)22-14(23-24)8-1-3-10(4-2-8)16(18,19)20/h1-6,25H,7,21H2,(H,22,23,26). The molecule has 0 spiro atoms. The molecule has 0 amide bonds. The molecule has 6 nitrogen and oxygen atoms in total. The Bertz CT molecular complexity index is 1010. The number of nitrogens with one attached hydrogen (secondary N) is 1. The van der Waals surface area contributed by atoms with Crippen LogP contribution in [0.15, 0.2) is 41.2 Å². The summed E-state index contributed by atoms with van der Waals surface area (Å²) in [5.41, 5.74) is 5.00. The predicted octanol–water partition coefficient (Wildman–Crippen LogP) is 3.25. The van der Waals surface area contributed by atoms with Crippen molar-refractivity contribution in [3.8, 4) is 17.1 Å². The summed E-state index contributed by atoms with van der Waals surface area (Å²) < 4.78 is 38.9. The minimum atomic E-state index is -4.45. The second-order valence-corrected chi connectivity index (χ2v) is 5.92. The normalized spacial score (nSPS) is 11.7. The first-order valence-corrected chi connectivity index (χ1v) is 7.64. The van der Waals surface area contributed by atoms with E-state index < -0.39 is 17.4 Å². The summed E-state index contributed by atoms with van der Waals surface area (Å²) >= 11 is 5.90. The molecule has 0 saturated heterocycles. The van der Waals surface area contributed by atoms with E-state index in [9.17, 15) is 23.1 Å². The second-order valence-electron chi connectivity index (χ2n) is 5.51. The van der Waals surface area contributed by atoms with E-state index in [2.05, 4.69) is 10.1 Å². The number of aromatic nitrogens is 3. The molecule has 0 aliphatic heterocycles. The number of phenols is 1. The number of phenolic OH excluding ortho intramolecular Hbond substituents is 1. The van der Waals surface area contributed by atoms with Gasteiger partial charge in [0.2, 0.25) is 0 Å². The zero-order valence-corrected chi connectivity index (χ0v) is 13.8. The first-order chi connectivity index (χ1) is 12.1. The summed E-state index contributed by atoms with van der Waals surface area (Å²) in [5, 5.41) is 14.2. The maximum atomic E-state index is 12.6. The average Bonchev–Trinajstić information content (AvgIpc) is 2.93. The highest BCUT2D eigenvalue weighted by Crippen LogP contribution is 2.30. The van der Waals surface area contributed by atoms with E-state index in [-0.39, 0.29) is 28.8 Å². The van der Waals surface area contributed by atoms with Gasteiger partial charge in [0.15, 0.2) is 5.82 Å². The van der Waals surface area contributed by atoms with Gasteiger partial charge < -0.3 is 10.8 Å². The van der Waals surface area contributed by atoms with E-state index in [4.69, 9.17) is 17.3 Å². The van der Waals surface area contributed by atoms with Crippen molar-refractivity contribution < 1.29 is 18.3 Å². The molecule has 0 atom stereocenters. The molecule has 3 aromatic rings. The lowest BCUT2D eigenvalue weighted by atomic mass is 10.1. The molecule has 0 radical (unpaired) electrons. The highest BCUT2D eigenvalue weighted by Gasteiger charge is 2.30. The molecule has 0 unspecified atom stereocenters. The summed E-state index contributed by atoms with van der Waals surface area (Å²) in [7, 11) is 0. The third-order valence-corrected chi connectivity index (χ3v) is 4.01. The number of hydrogen-bond acceptors (Lipinski definition) is 4. The SMILES string of the molecule is Nc1cc(O)c(Cn2nc(-c3ccc(C(F)(F)F)cc3)[nH]c2=O)cc1Cl. The smallest absolute Gasteiger partial charge is 0.416 e. The van der Waals surface area contributed by atoms with Crippen LogP contribution >= 0.6 is 11.6 Å². The van der Waals surface area contributed by atoms with Gasteiger partial charge in [0.1, 0.15) is 5.75 Å². The fourth-order valence-corrected chi connectivity index (χ4v) is 2.50. The molecule has 0 bridgehead atoms. The van der Waals surface area contributed by atoms with Gasteiger partial charge in [-0.2, -0.15) is 13.2 Å². The van der Waals surface area contributed by atoms with Gasteiger partial charge in [-0.15, -0.1) is 5.10 Å². The van der Waals surface area contributed by atoms with Gasteiger partial charge >= 0.3 is 11.9 Å². The van der Waals surface area contributed by atoms with E-state index in [1.807, 2.05) is 0 Å². The largest absolute Gasteiger partial charge is 0.508 e. The number of aromatic amines is 1. The Morgan fingerprint density at radius 1 is 1.23 bits per heavy atom. The van der Waals surface area contributed by atoms with Crippen molar-refractivity contribution >= 4 is 17.3 Å². The van der Waals surface area contributed by atoms with Gasteiger partial charge in [0, 0.05) is 17.2 Å². The molecule has 136 valence electrons. The molecule has 0 aliphatic carbocycles. The third-order valence-electron chi connectivity index (χ3n) is 3.68. The highest BCUT2D eigenvalue weighted by molar-refractivity contribution is 6.33. The van der Waals surface area contributed by atoms with Crippen molar-refractivity contribution in [3.63, 3.8) is 0 Å². The van der Waals surface area contributed by atoms with Crippen molar-refractivity contribution in [3.05, 3.63) is 63.0 Å². The number of alkyl halides is 3. The number of nitrogens with two attached hydrogens (primary N) is 1. The Hall–Kier alpha value is -2.94. The average molecular weight is 385 g/mol. The lowest BCUT2D eigenvalue weighted by molar-refractivity contribution is -0.137. The summed E-state index contributed by atoms with van der Waals surface area (Å²) in [5.74, 6) is -0.0531. The van der Waals surface area contributed by atoms with Gasteiger partial charge in [-0.25, -0.2) is 9.48 Å². The van der Waals surface area contributed by atoms with Crippen LogP contribution in [0.2, 0.25) is 5.02 Å². The van der Waals surface area contributed by atoms with E-state index in [1.54, 1.807) is 0 Å². The highest BCUT2D eigenvalue weighted by atomic mass is 35.5. The van der Waals surface area contributed by atoms with Crippen LogP contribution in [0.4, 0.5) is 18.9 Å². The van der Waals surface area contributed by atoms with Crippen LogP contribution in [0, 0.1) is 0 Å². The minimum Gasteiger partial charge on any atom is -0.508 e. The molecule has 10 heteroatoms. The van der Waals surface area contributed by atoms with Crippen LogP contribution in [0.3, 0.4) is 0 Å². The summed E-state index contributed by atoms with van der Waals surface area (Å²) in [6.45, 7) is -0.0954. The van der Waals surface area contributed by atoms with Crippen LogP contribution in [0.5, 0.6) is 5.75 Å². The Kier molecular flexibility index (Phi) is 4.41. The molecule has 0 aliphatic rings. The van der Waals surface area contributed by atoms with Crippen molar-refractivity contribution in [1.29, 1.82) is 0 Å². The van der Waals surface area contributed by atoms with Crippen LogP contribution in [0.25, 0.3) is 11.4 Å². The first-order valence-electron chi connectivity index (χ1n) is 7.27. The summed E-state index contributed by atoms with van der Waals surface area (Å²) in [4.78, 5) is 14.5. The third kappa shape index (κ3) is 3.52. The lowest BCUT2D eigenvalue weighted by Crippen LogP contribution is -2.18. The Balaban J connectivity index is 1.90. The number of hydrogen-bond donors (Lipinski definition) is 3. The molecule has 1 heterocycles. The molecule has 26 heavy (non-hydrogen) atoms. The van der Waals surface area contributed by atoms with Crippen molar-refractivity contribution in [1.82, 2.24) is 14.8 Å². The van der Waals surface area contributed by atoms with Crippen LogP contribution in [-0.4, -0.2) is 19.9 Å². The number of benzene rings is 2. The Morgan fingerprint density at radius 2 is 1.88 bits per heavy atom. The lowest BCUT2D eigenvalue weighted by Gasteiger charge is -2.07. The summed E-state index contributed by atoms with van der Waals surface area (Å²) in [6, 6.07) is 6.89. The topological polar surface area (TPSA) is 96.9 Å². The monoisotopic (exact) mass is 384 g/mol. The quantitative estimate of drug-likeness (QED) is 0.604. The summed E-state index contributed by atoms with van der Waals surface area (Å²) in [6.07, 6.45) is -4.45. The molecular weight excluding hydrogens is 373 g/mol. The number of H-pyrrole nitrogens is 1. The molecule has 1 aromatic heterocycles. The number of rotatable bonds is 3. The van der Waals surface area contributed by atoms with Gasteiger partial charge in [-0.05, 0) is 18.2 Å². The number of nitrogens with zero attached hydrogens (tertiary/aromatic N) is 2. The zero-order chi connectivity index (χ0) is 19.1. The maximum Gasteiger partial charge on any atom is 0.416 e. The van der Waals surface area contributed by atoms with Crippen LogP contribution < -0.4 is 11.4 Å². The molecular formula is C16H12ClF3N4O2. The van der Waals surface area contributed by atoms with Crippen molar-refractivity contribution in [2.75, 3.05) is 5.73 Å². The minimum absolute atomic E-state index is 0.0954. The van der Waals surface area contributed by atoms with E-state index >= 15 is 0 Å². The van der Waals surface area contributed by atoms with Gasteiger partial charge in [0.25, 0.3) is 0 Å². The van der Waals surface area contributed by atoms with Crippen LogP contribution in [-0.2, 0) is 12.7 Å². The van der Waals surface area contributed by atoms with E-state index in [0.717, 1.165) is 16.8 Å². The fourth-order valence-electron chi connectivity index (χ4n) is 2.32. The Labute approximate surface area is 149 Å². The first kappa shape index (κ1) is 17.9. The predicted molar refractivity (Wildman–Crippen MR) is 89.9 cm³/mol. The maximum absolute atomic E-state index is 12.6. The zero-order valence-electron chi connectivity index (χ0n) is 13.0. The Morgan fingerprint density at radius 3 is 2.50 bits per heavy atom. The van der Waals surface area contributed by atoms with E-state index in [0.29, 0.717) is 11.1 Å². The van der Waals surface area contributed by atoms with Crippen molar-refractivity contribution in [2.45, 2.75) is 12.7 Å². The van der Waals surface area contributed by atoms with Crippen LogP contribution in [0.1, 0.15) is 11.1 Å². The molecule has 2 aromatic carbocycles. The van der Waals surface area contributed by atoms with Gasteiger partial charge in [-0.1, -0.05) is 23.7 Å². The fraction of sp³-hybridized carbons (Fsp3) is 0.125. The molecule has 0 saturated carbocycles. The molecule has 4 N–H and O–H groups in total.